The summed E-state index contributed by atoms with van der Waals surface area (Å²) in [4.78, 5) is 1.85. The summed E-state index contributed by atoms with van der Waals surface area (Å²) >= 11 is 0. The highest BCUT2D eigenvalue weighted by molar-refractivity contribution is 5.39. The molecule has 3 nitrogen and oxygen atoms in total. The number of benzene rings is 1. The second-order valence-electron chi connectivity index (χ2n) is 5.35. The zero-order valence-corrected chi connectivity index (χ0v) is 12.7. The Bertz CT molecular complexity index is 447. The van der Waals surface area contributed by atoms with Gasteiger partial charge in [0.05, 0.1) is 5.56 Å². The van der Waals surface area contributed by atoms with E-state index in [0.717, 1.165) is 12.5 Å². The summed E-state index contributed by atoms with van der Waals surface area (Å²) in [6.07, 6.45) is -3.28. The fourth-order valence-electron chi connectivity index (χ4n) is 1.84. The number of likely N-dealkylation sites (N-methyl/N-ethyl adjacent to an activating group) is 1. The zero-order chi connectivity index (χ0) is 16.0. The van der Waals surface area contributed by atoms with Gasteiger partial charge in [-0.15, -0.1) is 0 Å². The van der Waals surface area contributed by atoms with Crippen LogP contribution in [0.2, 0.25) is 0 Å². The van der Waals surface area contributed by atoms with Crippen LogP contribution in [0, 0.1) is 0 Å². The molecule has 0 aliphatic heterocycles. The number of alkyl halides is 3. The lowest BCUT2D eigenvalue weighted by Crippen LogP contribution is -2.22. The monoisotopic (exact) mass is 304 g/mol. The van der Waals surface area contributed by atoms with Gasteiger partial charge in [-0.2, -0.15) is 13.2 Å². The van der Waals surface area contributed by atoms with Gasteiger partial charge in [-0.3, -0.25) is 0 Å². The number of nitrogens with two attached hydrogens (primary N) is 1. The van der Waals surface area contributed by atoms with E-state index < -0.39 is 11.7 Å². The minimum absolute atomic E-state index is 0.127. The quantitative estimate of drug-likeness (QED) is 0.842. The van der Waals surface area contributed by atoms with Crippen LogP contribution in [0.4, 0.5) is 13.2 Å². The maximum Gasteiger partial charge on any atom is 0.419 e. The molecule has 1 aromatic rings. The number of ether oxygens (including phenoxy) is 1. The van der Waals surface area contributed by atoms with Crippen LogP contribution in [0.1, 0.15) is 24.5 Å². The van der Waals surface area contributed by atoms with E-state index in [4.69, 9.17) is 10.5 Å². The van der Waals surface area contributed by atoms with Crippen molar-refractivity contribution in [1.29, 1.82) is 0 Å². The normalized spacial score (nSPS) is 13.5. The maximum atomic E-state index is 13.1. The molecule has 1 rings (SSSR count). The van der Waals surface area contributed by atoms with Crippen molar-refractivity contribution in [3.8, 4) is 5.75 Å². The van der Waals surface area contributed by atoms with Gasteiger partial charge in [0.1, 0.15) is 12.4 Å². The number of rotatable bonds is 7. The Morgan fingerprint density at radius 3 is 2.48 bits per heavy atom. The van der Waals surface area contributed by atoms with Gasteiger partial charge in [0, 0.05) is 12.6 Å². The summed E-state index contributed by atoms with van der Waals surface area (Å²) < 4.78 is 44.6. The Kier molecular flexibility index (Phi) is 6.48. The van der Waals surface area contributed by atoms with Crippen molar-refractivity contribution in [2.75, 3.05) is 27.2 Å². The summed E-state index contributed by atoms with van der Waals surface area (Å²) in [7, 11) is 3.67. The number of nitrogens with zero attached hydrogens (tertiary/aromatic N) is 1. The van der Waals surface area contributed by atoms with Crippen molar-refractivity contribution in [1.82, 2.24) is 4.90 Å². The van der Waals surface area contributed by atoms with Crippen molar-refractivity contribution < 1.29 is 17.9 Å². The molecule has 0 fully saturated rings. The highest BCUT2D eigenvalue weighted by Crippen LogP contribution is 2.37. The SMILES string of the molecule is CCC(N)Cc1ccc(OCCN(C)C)c(C(F)(F)F)c1. The van der Waals surface area contributed by atoms with Gasteiger partial charge < -0.3 is 15.4 Å². The van der Waals surface area contributed by atoms with Crippen molar-refractivity contribution in [2.45, 2.75) is 32.0 Å². The molecule has 0 aliphatic carbocycles. The van der Waals surface area contributed by atoms with E-state index >= 15 is 0 Å². The third kappa shape index (κ3) is 5.93. The lowest BCUT2D eigenvalue weighted by Gasteiger charge is -2.17. The molecule has 0 amide bonds. The fraction of sp³-hybridized carbons (Fsp3) is 0.600. The van der Waals surface area contributed by atoms with Crippen LogP contribution in [-0.4, -0.2) is 38.2 Å². The Balaban J connectivity index is 2.92. The summed E-state index contributed by atoms with van der Waals surface area (Å²) in [5, 5.41) is 0. The van der Waals surface area contributed by atoms with Gasteiger partial charge in [-0.05, 0) is 44.6 Å². The van der Waals surface area contributed by atoms with Crippen LogP contribution in [0.3, 0.4) is 0 Å². The molecule has 0 saturated carbocycles. The third-order valence-corrected chi connectivity index (χ3v) is 3.17. The molecular weight excluding hydrogens is 281 g/mol. The van der Waals surface area contributed by atoms with Crippen LogP contribution < -0.4 is 10.5 Å². The topological polar surface area (TPSA) is 38.5 Å². The first-order valence-corrected chi connectivity index (χ1v) is 6.97. The molecule has 21 heavy (non-hydrogen) atoms. The molecule has 0 bridgehead atoms. The molecule has 1 atom stereocenters. The van der Waals surface area contributed by atoms with Crippen LogP contribution in [0.15, 0.2) is 18.2 Å². The van der Waals surface area contributed by atoms with Gasteiger partial charge in [-0.25, -0.2) is 0 Å². The predicted octanol–water partition coefficient (Wildman–Crippen LogP) is 2.93. The molecule has 0 aromatic heterocycles. The Morgan fingerprint density at radius 1 is 1.29 bits per heavy atom. The minimum atomic E-state index is -4.43. The highest BCUT2D eigenvalue weighted by Gasteiger charge is 2.34. The van der Waals surface area contributed by atoms with Gasteiger partial charge >= 0.3 is 6.18 Å². The molecule has 1 unspecified atom stereocenters. The Labute approximate surface area is 123 Å². The zero-order valence-electron chi connectivity index (χ0n) is 12.7. The summed E-state index contributed by atoms with van der Waals surface area (Å²) in [6, 6.07) is 4.04. The average molecular weight is 304 g/mol. The minimum Gasteiger partial charge on any atom is -0.492 e. The lowest BCUT2D eigenvalue weighted by molar-refractivity contribution is -0.139. The largest absolute Gasteiger partial charge is 0.492 e. The summed E-state index contributed by atoms with van der Waals surface area (Å²) in [6.45, 7) is 2.68. The van der Waals surface area contributed by atoms with Gasteiger partial charge in [-0.1, -0.05) is 13.0 Å². The van der Waals surface area contributed by atoms with E-state index in [1.165, 1.54) is 6.07 Å². The highest BCUT2D eigenvalue weighted by atomic mass is 19.4. The van der Waals surface area contributed by atoms with E-state index in [2.05, 4.69) is 0 Å². The van der Waals surface area contributed by atoms with Gasteiger partial charge in [0.25, 0.3) is 0 Å². The van der Waals surface area contributed by atoms with Crippen LogP contribution in [0.5, 0.6) is 5.75 Å². The lowest BCUT2D eigenvalue weighted by atomic mass is 10.0. The van der Waals surface area contributed by atoms with Gasteiger partial charge in [0.15, 0.2) is 0 Å². The van der Waals surface area contributed by atoms with Crippen LogP contribution in [-0.2, 0) is 12.6 Å². The summed E-state index contributed by atoms with van der Waals surface area (Å²) in [5.74, 6) is -0.127. The first-order valence-electron chi connectivity index (χ1n) is 6.97. The van der Waals surface area contributed by atoms with Crippen molar-refractivity contribution in [3.63, 3.8) is 0 Å². The first kappa shape index (κ1) is 17.8. The second kappa shape index (κ2) is 7.66. The second-order valence-corrected chi connectivity index (χ2v) is 5.35. The average Bonchev–Trinajstić information content (AvgIpc) is 2.38. The molecule has 2 N–H and O–H groups in total. The molecule has 120 valence electrons. The standard InChI is InChI=1S/C15H23F3N2O/c1-4-12(19)9-11-5-6-14(21-8-7-20(2)3)13(10-11)15(16,17)18/h5-6,10,12H,4,7-9,19H2,1-3H3. The third-order valence-electron chi connectivity index (χ3n) is 3.17. The molecule has 0 saturated heterocycles. The molecule has 0 heterocycles. The van der Waals surface area contributed by atoms with E-state index in [-0.39, 0.29) is 18.4 Å². The predicted molar refractivity (Wildman–Crippen MR) is 77.5 cm³/mol. The van der Waals surface area contributed by atoms with Crippen LogP contribution in [0.25, 0.3) is 0 Å². The molecule has 1 aromatic carbocycles. The van der Waals surface area contributed by atoms with E-state index in [9.17, 15) is 13.2 Å². The maximum absolute atomic E-state index is 13.1. The molecule has 0 spiro atoms. The first-order chi connectivity index (χ1) is 9.74. The van der Waals surface area contributed by atoms with E-state index in [1.54, 1.807) is 6.07 Å². The molecule has 0 radical (unpaired) electrons. The smallest absolute Gasteiger partial charge is 0.419 e. The molecule has 6 heteroatoms. The molecular formula is C15H23F3N2O. The Morgan fingerprint density at radius 2 is 1.95 bits per heavy atom. The number of hydrogen-bond donors (Lipinski definition) is 1. The molecule has 0 aliphatic rings. The number of hydrogen-bond acceptors (Lipinski definition) is 3. The van der Waals surface area contributed by atoms with Crippen molar-refractivity contribution >= 4 is 0 Å². The van der Waals surface area contributed by atoms with Crippen molar-refractivity contribution in [3.05, 3.63) is 29.3 Å². The van der Waals surface area contributed by atoms with E-state index in [0.29, 0.717) is 18.5 Å². The van der Waals surface area contributed by atoms with E-state index in [1.807, 2.05) is 25.9 Å². The van der Waals surface area contributed by atoms with Gasteiger partial charge in [0.2, 0.25) is 0 Å². The summed E-state index contributed by atoms with van der Waals surface area (Å²) in [5.41, 5.74) is 5.64. The fourth-order valence-corrected chi connectivity index (χ4v) is 1.84. The van der Waals surface area contributed by atoms with Crippen molar-refractivity contribution in [2.24, 2.45) is 5.73 Å². The number of halogens is 3. The van der Waals surface area contributed by atoms with Crippen LogP contribution >= 0.6 is 0 Å². The Hall–Kier alpha value is -1.27.